The van der Waals surface area contributed by atoms with Crippen LogP contribution in [-0.4, -0.2) is 55.5 Å². The fourth-order valence-corrected chi connectivity index (χ4v) is 2.50. The third kappa shape index (κ3) is 4.09. The van der Waals surface area contributed by atoms with Gasteiger partial charge in [-0.2, -0.15) is 0 Å². The topological polar surface area (TPSA) is 41.6 Å². The first-order chi connectivity index (χ1) is 7.15. The highest BCUT2D eigenvalue weighted by Gasteiger charge is 2.23. The summed E-state index contributed by atoms with van der Waals surface area (Å²) in [6.45, 7) is 2.84. The third-order valence-corrected chi connectivity index (χ3v) is 3.50. The smallest absolute Gasteiger partial charge is 0.320 e. The summed E-state index contributed by atoms with van der Waals surface area (Å²) in [5, 5.41) is 3.33. The molecule has 0 radical (unpaired) electrons. The Morgan fingerprint density at radius 1 is 1.60 bits per heavy atom. The van der Waals surface area contributed by atoms with E-state index in [0.29, 0.717) is 12.6 Å². The van der Waals surface area contributed by atoms with Crippen molar-refractivity contribution in [2.45, 2.75) is 23.7 Å². The van der Waals surface area contributed by atoms with E-state index in [2.05, 4.69) is 37.9 Å². The fourth-order valence-electron chi connectivity index (χ4n) is 1.85. The van der Waals surface area contributed by atoms with Crippen LogP contribution in [-0.2, 0) is 9.53 Å². The molecule has 1 heterocycles. The van der Waals surface area contributed by atoms with E-state index in [-0.39, 0.29) is 10.8 Å². The van der Waals surface area contributed by atoms with E-state index in [1.165, 1.54) is 7.11 Å². The summed E-state index contributed by atoms with van der Waals surface area (Å²) in [5.74, 6) is -0.198. The van der Waals surface area contributed by atoms with Crippen LogP contribution < -0.4 is 5.32 Å². The van der Waals surface area contributed by atoms with Crippen LogP contribution in [0, 0.1) is 0 Å². The van der Waals surface area contributed by atoms with Crippen LogP contribution in [0.3, 0.4) is 0 Å². The lowest BCUT2D eigenvalue weighted by Gasteiger charge is -2.32. The molecule has 1 fully saturated rings. The second-order valence-corrected chi connectivity index (χ2v) is 5.02. The molecular weight excluding hydrogens is 260 g/mol. The normalized spacial score (nSPS) is 20.3. The number of nitrogens with zero attached hydrogens (tertiary/aromatic N) is 1. The average Bonchev–Trinajstić information content (AvgIpc) is 2.29. The Bertz CT molecular complexity index is 208. The molecule has 1 aliphatic rings. The summed E-state index contributed by atoms with van der Waals surface area (Å²) in [7, 11) is 3.48. The molecule has 0 saturated carbocycles. The average molecular weight is 279 g/mol. The molecule has 5 heteroatoms. The van der Waals surface area contributed by atoms with Crippen LogP contribution in [0.15, 0.2) is 0 Å². The zero-order valence-electron chi connectivity index (χ0n) is 9.33. The predicted molar refractivity (Wildman–Crippen MR) is 63.3 cm³/mol. The third-order valence-electron chi connectivity index (χ3n) is 2.84. The molecule has 15 heavy (non-hydrogen) atoms. The second-order valence-electron chi connectivity index (χ2n) is 3.91. The summed E-state index contributed by atoms with van der Waals surface area (Å²) in [6, 6.07) is 0.580. The van der Waals surface area contributed by atoms with E-state index >= 15 is 0 Å². The van der Waals surface area contributed by atoms with Crippen LogP contribution in [0.4, 0.5) is 0 Å². The maximum atomic E-state index is 11.2. The van der Waals surface area contributed by atoms with Crippen LogP contribution >= 0.6 is 15.9 Å². The van der Waals surface area contributed by atoms with Crippen molar-refractivity contribution in [3.63, 3.8) is 0 Å². The Labute approximate surface area is 99.5 Å². The van der Waals surface area contributed by atoms with E-state index < -0.39 is 0 Å². The van der Waals surface area contributed by atoms with E-state index in [9.17, 15) is 4.79 Å². The predicted octanol–water partition coefficient (Wildman–Crippen LogP) is 0.607. The van der Waals surface area contributed by atoms with Crippen molar-refractivity contribution in [1.82, 2.24) is 10.2 Å². The Morgan fingerprint density at radius 3 is 2.73 bits per heavy atom. The van der Waals surface area contributed by atoms with Gasteiger partial charge in [0.25, 0.3) is 0 Å². The Morgan fingerprint density at radius 2 is 2.20 bits per heavy atom. The minimum Gasteiger partial charge on any atom is -0.468 e. The summed E-state index contributed by atoms with van der Waals surface area (Å²) >= 11 is 3.34. The quantitative estimate of drug-likeness (QED) is 0.604. The number of methoxy groups -OCH3 is 1. The molecule has 0 aromatic heterocycles. The summed E-state index contributed by atoms with van der Waals surface area (Å²) < 4.78 is 4.68. The first-order valence-electron chi connectivity index (χ1n) is 5.28. The highest BCUT2D eigenvalue weighted by Crippen LogP contribution is 2.13. The first kappa shape index (κ1) is 12.9. The van der Waals surface area contributed by atoms with Crippen LogP contribution in [0.25, 0.3) is 0 Å². The molecule has 1 aliphatic heterocycles. The van der Waals surface area contributed by atoms with Crippen LogP contribution in [0.2, 0.25) is 0 Å². The number of ether oxygens (including phenoxy) is 1. The van der Waals surface area contributed by atoms with Gasteiger partial charge in [0, 0.05) is 12.6 Å². The van der Waals surface area contributed by atoms with E-state index in [0.717, 1.165) is 25.9 Å². The number of rotatable bonds is 4. The number of piperidine rings is 1. The van der Waals surface area contributed by atoms with Gasteiger partial charge in [0.1, 0.15) is 4.83 Å². The maximum Gasteiger partial charge on any atom is 0.320 e. The van der Waals surface area contributed by atoms with Gasteiger partial charge in [0.15, 0.2) is 0 Å². The highest BCUT2D eigenvalue weighted by atomic mass is 79.9. The van der Waals surface area contributed by atoms with Gasteiger partial charge < -0.3 is 15.0 Å². The van der Waals surface area contributed by atoms with Crippen LogP contribution in [0.1, 0.15) is 12.8 Å². The Balaban J connectivity index is 2.33. The maximum absolute atomic E-state index is 11.2. The van der Waals surface area contributed by atoms with Gasteiger partial charge in [0.05, 0.1) is 7.11 Å². The van der Waals surface area contributed by atoms with E-state index in [4.69, 9.17) is 0 Å². The molecule has 88 valence electrons. The van der Waals surface area contributed by atoms with Gasteiger partial charge in [-0.05, 0) is 33.0 Å². The lowest BCUT2D eigenvalue weighted by molar-refractivity contribution is -0.140. The van der Waals surface area contributed by atoms with E-state index in [1.54, 1.807) is 0 Å². The molecule has 1 unspecified atom stereocenters. The van der Waals surface area contributed by atoms with Gasteiger partial charge in [-0.1, -0.05) is 15.9 Å². The number of hydrogen-bond donors (Lipinski definition) is 1. The molecule has 1 atom stereocenters. The number of carbonyl (C=O) groups excluding carboxylic acids is 1. The Hall–Kier alpha value is -0.130. The number of esters is 1. The monoisotopic (exact) mass is 278 g/mol. The van der Waals surface area contributed by atoms with Gasteiger partial charge in [-0.15, -0.1) is 0 Å². The zero-order valence-corrected chi connectivity index (χ0v) is 10.9. The lowest BCUT2D eigenvalue weighted by Crippen LogP contribution is -2.44. The standard InChI is InChI=1S/C10H19BrN2O2/c1-13(7-9(11)10(14)15-2)8-3-5-12-6-4-8/h8-9,12H,3-7H2,1-2H3. The number of halogens is 1. The molecule has 0 aromatic rings. The summed E-state index contributed by atoms with van der Waals surface area (Å²) in [5.41, 5.74) is 0. The molecule has 4 nitrogen and oxygen atoms in total. The lowest BCUT2D eigenvalue weighted by atomic mass is 10.1. The number of carbonyl (C=O) groups is 1. The van der Waals surface area contributed by atoms with Crippen molar-refractivity contribution in [2.75, 3.05) is 33.8 Å². The minimum absolute atomic E-state index is 0.198. The molecule has 0 spiro atoms. The minimum atomic E-state index is -0.220. The summed E-state index contributed by atoms with van der Waals surface area (Å²) in [4.78, 5) is 13.2. The molecule has 1 N–H and O–H groups in total. The SMILES string of the molecule is COC(=O)C(Br)CN(C)C1CCNCC1. The number of alkyl halides is 1. The van der Waals surface area contributed by atoms with Crippen molar-refractivity contribution in [3.8, 4) is 0 Å². The van der Waals surface area contributed by atoms with E-state index in [1.807, 2.05) is 0 Å². The fraction of sp³-hybridized carbons (Fsp3) is 0.900. The largest absolute Gasteiger partial charge is 0.468 e. The highest BCUT2D eigenvalue weighted by molar-refractivity contribution is 9.10. The zero-order chi connectivity index (χ0) is 11.3. The van der Waals surface area contributed by atoms with Crippen molar-refractivity contribution < 1.29 is 9.53 Å². The van der Waals surface area contributed by atoms with Gasteiger partial charge in [-0.25, -0.2) is 0 Å². The van der Waals surface area contributed by atoms with Crippen molar-refractivity contribution in [1.29, 1.82) is 0 Å². The van der Waals surface area contributed by atoms with Crippen LogP contribution in [0.5, 0.6) is 0 Å². The molecule has 0 bridgehead atoms. The molecule has 0 amide bonds. The molecule has 0 aromatic carbocycles. The second kappa shape index (κ2) is 6.45. The number of hydrogen-bond acceptors (Lipinski definition) is 4. The van der Waals surface area contributed by atoms with Gasteiger partial charge in [0.2, 0.25) is 0 Å². The van der Waals surface area contributed by atoms with Gasteiger partial charge in [-0.3, -0.25) is 4.79 Å². The van der Waals surface area contributed by atoms with Gasteiger partial charge >= 0.3 is 5.97 Å². The number of nitrogens with one attached hydrogen (secondary N) is 1. The van der Waals surface area contributed by atoms with Crippen molar-refractivity contribution in [2.24, 2.45) is 0 Å². The first-order valence-corrected chi connectivity index (χ1v) is 6.19. The molecule has 1 saturated heterocycles. The van der Waals surface area contributed by atoms with Crippen molar-refractivity contribution in [3.05, 3.63) is 0 Å². The summed E-state index contributed by atoms with van der Waals surface area (Å²) in [6.07, 6.45) is 2.30. The Kier molecular flexibility index (Phi) is 5.56. The molecular formula is C10H19BrN2O2. The van der Waals surface area contributed by atoms with Crippen molar-refractivity contribution >= 4 is 21.9 Å². The molecule has 1 rings (SSSR count). The molecule has 0 aliphatic carbocycles.